The molecule has 3 aromatic carbocycles. The van der Waals surface area contributed by atoms with Gasteiger partial charge in [-0.15, -0.1) is 0 Å². The number of rotatable bonds is 5. The van der Waals surface area contributed by atoms with Crippen molar-refractivity contribution in [1.82, 2.24) is 4.98 Å². The highest BCUT2D eigenvalue weighted by molar-refractivity contribution is 6.35. The van der Waals surface area contributed by atoms with Crippen LogP contribution in [0.1, 0.15) is 5.56 Å². The molecule has 0 unspecified atom stereocenters. The molecule has 4 nitrogen and oxygen atoms in total. The average molecular weight is 423 g/mol. The zero-order valence-corrected chi connectivity index (χ0v) is 17.0. The van der Waals surface area contributed by atoms with Gasteiger partial charge in [0.1, 0.15) is 11.3 Å². The molecule has 4 aromatic rings. The maximum absolute atomic E-state index is 6.16. The lowest BCUT2D eigenvalue weighted by Crippen LogP contribution is -1.83. The molecule has 0 aliphatic carbocycles. The molecule has 6 heteroatoms. The van der Waals surface area contributed by atoms with E-state index in [0.29, 0.717) is 21.5 Å². The molecule has 0 saturated heterocycles. The second-order valence-corrected chi connectivity index (χ2v) is 7.05. The number of halogens is 2. The summed E-state index contributed by atoms with van der Waals surface area (Å²) in [5.41, 5.74) is 3.94. The fraction of sp³-hybridized carbons (Fsp3) is 0.0435. The van der Waals surface area contributed by atoms with Gasteiger partial charge in [0.2, 0.25) is 5.89 Å². The molecule has 0 atom stereocenters. The summed E-state index contributed by atoms with van der Waals surface area (Å²) in [6.45, 7) is 0. The normalized spacial score (nSPS) is 11.7. The van der Waals surface area contributed by atoms with Gasteiger partial charge in [-0.3, -0.25) is 4.99 Å². The summed E-state index contributed by atoms with van der Waals surface area (Å²) < 4.78 is 11.1. The minimum atomic E-state index is 0.539. The van der Waals surface area contributed by atoms with Crippen molar-refractivity contribution in [3.05, 3.63) is 82.3 Å². The van der Waals surface area contributed by atoms with E-state index in [1.807, 2.05) is 60.7 Å². The zero-order valence-electron chi connectivity index (χ0n) is 15.5. The Morgan fingerprint density at radius 2 is 1.93 bits per heavy atom. The standard InChI is InChI=1S/C23H16Cl2N2O2/c1-28-19-6-2-4-16(12-19)23-27-21-14-18(9-10-22(21)29-23)26-11-3-5-15-7-8-17(24)13-20(15)25/h2-14H,1H3/b5-3+,26-11?. The van der Waals surface area contributed by atoms with Gasteiger partial charge >= 0.3 is 0 Å². The van der Waals surface area contributed by atoms with Crippen molar-refractivity contribution in [3.63, 3.8) is 0 Å². The summed E-state index contributed by atoms with van der Waals surface area (Å²) >= 11 is 12.1. The summed E-state index contributed by atoms with van der Waals surface area (Å²) in [5, 5.41) is 1.20. The molecule has 0 N–H and O–H groups in total. The van der Waals surface area contributed by atoms with Crippen molar-refractivity contribution >= 4 is 52.3 Å². The lowest BCUT2D eigenvalue weighted by atomic mass is 10.2. The quantitative estimate of drug-likeness (QED) is 0.318. The highest BCUT2D eigenvalue weighted by atomic mass is 35.5. The number of aliphatic imine (C=N–C) groups is 1. The number of nitrogens with zero attached hydrogens (tertiary/aromatic N) is 2. The van der Waals surface area contributed by atoms with Crippen molar-refractivity contribution in [3.8, 4) is 17.2 Å². The van der Waals surface area contributed by atoms with Crippen LogP contribution in [0.5, 0.6) is 5.75 Å². The molecule has 29 heavy (non-hydrogen) atoms. The minimum absolute atomic E-state index is 0.539. The highest BCUT2D eigenvalue weighted by Gasteiger charge is 2.09. The van der Waals surface area contributed by atoms with Crippen LogP contribution in [0.4, 0.5) is 5.69 Å². The van der Waals surface area contributed by atoms with E-state index >= 15 is 0 Å². The first-order valence-corrected chi connectivity index (χ1v) is 9.59. The highest BCUT2D eigenvalue weighted by Crippen LogP contribution is 2.29. The lowest BCUT2D eigenvalue weighted by Gasteiger charge is -2.00. The maximum atomic E-state index is 6.16. The second-order valence-electron chi connectivity index (χ2n) is 6.21. The van der Waals surface area contributed by atoms with Crippen LogP contribution in [0, 0.1) is 0 Å². The van der Waals surface area contributed by atoms with Gasteiger partial charge in [0.05, 0.1) is 12.8 Å². The van der Waals surface area contributed by atoms with Gasteiger partial charge in [-0.25, -0.2) is 4.98 Å². The molecule has 0 saturated carbocycles. The number of aromatic nitrogens is 1. The van der Waals surface area contributed by atoms with Crippen LogP contribution >= 0.6 is 23.2 Å². The smallest absolute Gasteiger partial charge is 0.227 e. The first-order valence-electron chi connectivity index (χ1n) is 8.83. The van der Waals surface area contributed by atoms with Crippen molar-refractivity contribution < 1.29 is 9.15 Å². The molecule has 0 bridgehead atoms. The van der Waals surface area contributed by atoms with Crippen LogP contribution in [-0.4, -0.2) is 18.3 Å². The van der Waals surface area contributed by atoms with Crippen molar-refractivity contribution in [2.75, 3.05) is 7.11 Å². The number of oxazole rings is 1. The Balaban J connectivity index is 1.54. The van der Waals surface area contributed by atoms with Crippen LogP contribution in [0.3, 0.4) is 0 Å². The van der Waals surface area contributed by atoms with E-state index in [0.717, 1.165) is 28.1 Å². The summed E-state index contributed by atoms with van der Waals surface area (Å²) in [5.74, 6) is 1.29. The van der Waals surface area contributed by atoms with E-state index in [2.05, 4.69) is 9.98 Å². The third-order valence-electron chi connectivity index (χ3n) is 4.24. The van der Waals surface area contributed by atoms with Gasteiger partial charge < -0.3 is 9.15 Å². The molecule has 0 fully saturated rings. The topological polar surface area (TPSA) is 47.6 Å². The maximum Gasteiger partial charge on any atom is 0.227 e. The molecule has 0 amide bonds. The predicted octanol–water partition coefficient (Wildman–Crippen LogP) is 7.23. The number of hydrogen-bond donors (Lipinski definition) is 0. The largest absolute Gasteiger partial charge is 0.497 e. The van der Waals surface area contributed by atoms with Crippen LogP contribution in [-0.2, 0) is 0 Å². The van der Waals surface area contributed by atoms with Crippen LogP contribution in [0.2, 0.25) is 10.0 Å². The van der Waals surface area contributed by atoms with Gasteiger partial charge in [0, 0.05) is 21.8 Å². The van der Waals surface area contributed by atoms with Gasteiger partial charge in [0.25, 0.3) is 0 Å². The Hall–Kier alpha value is -3.08. The molecule has 0 radical (unpaired) electrons. The number of hydrogen-bond acceptors (Lipinski definition) is 4. The first kappa shape index (κ1) is 19.2. The second kappa shape index (κ2) is 8.52. The van der Waals surface area contributed by atoms with E-state index in [-0.39, 0.29) is 0 Å². The third kappa shape index (κ3) is 4.50. The van der Waals surface area contributed by atoms with Gasteiger partial charge in [-0.1, -0.05) is 41.4 Å². The molecule has 1 heterocycles. The van der Waals surface area contributed by atoms with Crippen molar-refractivity contribution in [1.29, 1.82) is 0 Å². The zero-order chi connectivity index (χ0) is 20.2. The van der Waals surface area contributed by atoms with Gasteiger partial charge in [-0.05, 0) is 60.2 Å². The van der Waals surface area contributed by atoms with Crippen LogP contribution < -0.4 is 4.74 Å². The SMILES string of the molecule is COc1cccc(-c2nc3cc(N=C/C=C/c4ccc(Cl)cc4Cl)ccc3o2)c1. The van der Waals surface area contributed by atoms with Gasteiger partial charge in [0.15, 0.2) is 5.58 Å². The van der Waals surface area contributed by atoms with E-state index in [1.54, 1.807) is 25.5 Å². The Kier molecular flexibility index (Phi) is 5.65. The van der Waals surface area contributed by atoms with Crippen molar-refractivity contribution in [2.24, 2.45) is 4.99 Å². The minimum Gasteiger partial charge on any atom is -0.497 e. The number of fused-ring (bicyclic) bond motifs is 1. The summed E-state index contributed by atoms with van der Waals surface area (Å²) in [4.78, 5) is 9.02. The lowest BCUT2D eigenvalue weighted by molar-refractivity contribution is 0.415. The molecule has 1 aromatic heterocycles. The predicted molar refractivity (Wildman–Crippen MR) is 120 cm³/mol. The molecule has 4 rings (SSSR count). The van der Waals surface area contributed by atoms with E-state index in [9.17, 15) is 0 Å². The fourth-order valence-corrected chi connectivity index (χ4v) is 3.26. The Morgan fingerprint density at radius 1 is 1.03 bits per heavy atom. The molecule has 144 valence electrons. The Bertz CT molecular complexity index is 1230. The third-order valence-corrected chi connectivity index (χ3v) is 4.80. The average Bonchev–Trinajstić information content (AvgIpc) is 3.16. The number of methoxy groups -OCH3 is 1. The molecule has 0 spiro atoms. The van der Waals surface area contributed by atoms with Crippen molar-refractivity contribution in [2.45, 2.75) is 0 Å². The van der Waals surface area contributed by atoms with Crippen LogP contribution in [0.25, 0.3) is 28.6 Å². The van der Waals surface area contributed by atoms with Crippen LogP contribution in [0.15, 0.2) is 76.1 Å². The van der Waals surface area contributed by atoms with E-state index in [1.165, 1.54) is 0 Å². The van der Waals surface area contributed by atoms with E-state index < -0.39 is 0 Å². The molecule has 0 aliphatic heterocycles. The van der Waals surface area contributed by atoms with E-state index in [4.69, 9.17) is 32.4 Å². The monoisotopic (exact) mass is 422 g/mol. The fourth-order valence-electron chi connectivity index (χ4n) is 2.79. The summed E-state index contributed by atoms with van der Waals surface area (Å²) in [7, 11) is 1.63. The molecular weight excluding hydrogens is 407 g/mol. The summed E-state index contributed by atoms with van der Waals surface area (Å²) in [6.07, 6.45) is 5.40. The first-order chi connectivity index (χ1) is 14.1. The number of allylic oxidation sites excluding steroid dienone is 1. The molecule has 0 aliphatic rings. The van der Waals surface area contributed by atoms with Gasteiger partial charge in [-0.2, -0.15) is 0 Å². The Labute approximate surface area is 178 Å². The Morgan fingerprint density at radius 3 is 2.76 bits per heavy atom. The summed E-state index contributed by atoms with van der Waals surface area (Å²) in [6, 6.07) is 18.6. The number of benzene rings is 3. The molecular formula is C23H16Cl2N2O2. The number of ether oxygens (including phenoxy) is 1.